The minimum Gasteiger partial charge on any atom is -0.481 e. The summed E-state index contributed by atoms with van der Waals surface area (Å²) >= 11 is 0. The van der Waals surface area contributed by atoms with Gasteiger partial charge in [0, 0.05) is 11.6 Å². The maximum absolute atomic E-state index is 13.0. The Morgan fingerprint density at radius 1 is 1.29 bits per heavy atom. The zero-order chi connectivity index (χ0) is 12.3. The van der Waals surface area contributed by atoms with Crippen molar-refractivity contribution in [2.75, 3.05) is 7.11 Å². The maximum atomic E-state index is 13.0. The normalized spacial score (nSPS) is 10.0. The van der Waals surface area contributed by atoms with Crippen molar-refractivity contribution in [1.82, 2.24) is 9.97 Å². The van der Waals surface area contributed by atoms with Gasteiger partial charge in [0.05, 0.1) is 7.11 Å². The molecule has 4 nitrogen and oxygen atoms in total. The Hall–Kier alpha value is -2.30. The van der Waals surface area contributed by atoms with Gasteiger partial charge in [-0.1, -0.05) is 12.1 Å². The van der Waals surface area contributed by atoms with Gasteiger partial charge in [-0.15, -0.1) is 0 Å². The highest BCUT2D eigenvalue weighted by atomic mass is 19.1. The van der Waals surface area contributed by atoms with E-state index in [0.717, 1.165) is 6.07 Å². The molecule has 0 saturated carbocycles. The molecule has 0 radical (unpaired) electrons. The number of ketones is 1. The smallest absolute Gasteiger partial charge is 0.216 e. The van der Waals surface area contributed by atoms with Crippen molar-refractivity contribution in [1.29, 1.82) is 0 Å². The van der Waals surface area contributed by atoms with Crippen LogP contribution >= 0.6 is 0 Å². The molecule has 1 heterocycles. The molecule has 17 heavy (non-hydrogen) atoms. The summed E-state index contributed by atoms with van der Waals surface area (Å²) in [5.74, 6) is -0.540. The first-order valence-corrected chi connectivity index (χ1v) is 4.87. The molecule has 0 bridgehead atoms. The van der Waals surface area contributed by atoms with Gasteiger partial charge in [-0.05, 0) is 12.1 Å². The number of benzene rings is 1. The van der Waals surface area contributed by atoms with Gasteiger partial charge in [0.1, 0.15) is 17.8 Å². The summed E-state index contributed by atoms with van der Waals surface area (Å²) in [5.41, 5.74) is 0.410. The Morgan fingerprint density at radius 2 is 2.12 bits per heavy atom. The number of carbonyl (C=O) groups excluding carboxylic acids is 1. The van der Waals surface area contributed by atoms with E-state index in [1.165, 1.54) is 37.7 Å². The summed E-state index contributed by atoms with van der Waals surface area (Å²) < 4.78 is 17.9. The maximum Gasteiger partial charge on any atom is 0.216 e. The number of nitrogens with zero attached hydrogens (tertiary/aromatic N) is 2. The topological polar surface area (TPSA) is 52.1 Å². The second kappa shape index (κ2) is 4.69. The summed E-state index contributed by atoms with van der Waals surface area (Å²) in [5, 5.41) is 0. The van der Waals surface area contributed by atoms with E-state index in [2.05, 4.69) is 9.97 Å². The van der Waals surface area contributed by atoms with E-state index >= 15 is 0 Å². The van der Waals surface area contributed by atoms with Crippen LogP contribution < -0.4 is 4.74 Å². The lowest BCUT2D eigenvalue weighted by Crippen LogP contribution is -2.05. The molecule has 0 saturated heterocycles. The molecule has 0 N–H and O–H groups in total. The van der Waals surface area contributed by atoms with E-state index in [9.17, 15) is 9.18 Å². The molecule has 0 unspecified atom stereocenters. The molecule has 0 atom stereocenters. The lowest BCUT2D eigenvalue weighted by molar-refractivity contribution is 0.103. The lowest BCUT2D eigenvalue weighted by Gasteiger charge is -2.02. The van der Waals surface area contributed by atoms with Gasteiger partial charge in [0.15, 0.2) is 0 Å². The molecule has 2 aromatic rings. The molecule has 0 fully saturated rings. The Morgan fingerprint density at radius 3 is 2.82 bits per heavy atom. The summed E-state index contributed by atoms with van der Waals surface area (Å²) in [6.07, 6.45) is 1.23. The molecule has 5 heteroatoms. The van der Waals surface area contributed by atoms with E-state index in [-0.39, 0.29) is 17.0 Å². The van der Waals surface area contributed by atoms with Crippen molar-refractivity contribution in [3.63, 3.8) is 0 Å². The minimum atomic E-state index is -0.461. The van der Waals surface area contributed by atoms with E-state index in [0.29, 0.717) is 5.88 Å². The number of rotatable bonds is 3. The number of methoxy groups -OCH3 is 1. The fourth-order valence-electron chi connectivity index (χ4n) is 1.35. The summed E-state index contributed by atoms with van der Waals surface area (Å²) in [4.78, 5) is 19.6. The number of carbonyl (C=O) groups is 1. The molecule has 86 valence electrons. The molecule has 1 aromatic heterocycles. The van der Waals surface area contributed by atoms with Crippen molar-refractivity contribution < 1.29 is 13.9 Å². The number of aromatic nitrogens is 2. The summed E-state index contributed by atoms with van der Waals surface area (Å²) in [7, 11) is 1.44. The van der Waals surface area contributed by atoms with Gasteiger partial charge < -0.3 is 4.74 Å². The Labute approximate surface area is 97.1 Å². The third kappa shape index (κ3) is 2.44. The van der Waals surface area contributed by atoms with E-state index in [1.807, 2.05) is 0 Å². The SMILES string of the molecule is COc1cc(C(=O)c2cccc(F)c2)ncn1. The van der Waals surface area contributed by atoms with Gasteiger partial charge in [0.25, 0.3) is 0 Å². The molecule has 2 rings (SSSR count). The number of ether oxygens (including phenoxy) is 1. The van der Waals surface area contributed by atoms with Gasteiger partial charge in [-0.3, -0.25) is 4.79 Å². The van der Waals surface area contributed by atoms with E-state index in [4.69, 9.17) is 4.74 Å². The minimum absolute atomic E-state index is 0.169. The number of halogens is 1. The van der Waals surface area contributed by atoms with Crippen molar-refractivity contribution >= 4 is 5.78 Å². The zero-order valence-corrected chi connectivity index (χ0v) is 9.05. The van der Waals surface area contributed by atoms with Crippen LogP contribution in [0.25, 0.3) is 0 Å². The van der Waals surface area contributed by atoms with E-state index < -0.39 is 5.82 Å². The predicted molar refractivity (Wildman–Crippen MR) is 58.4 cm³/mol. The van der Waals surface area contributed by atoms with Crippen LogP contribution in [0.15, 0.2) is 36.7 Å². The molecule has 0 aliphatic carbocycles. The van der Waals surface area contributed by atoms with Crippen molar-refractivity contribution in [2.24, 2.45) is 0 Å². The first-order valence-electron chi connectivity index (χ1n) is 4.87. The fraction of sp³-hybridized carbons (Fsp3) is 0.0833. The highest BCUT2D eigenvalue weighted by molar-refractivity contribution is 6.07. The quantitative estimate of drug-likeness (QED) is 0.758. The number of hydrogen-bond donors (Lipinski definition) is 0. The van der Waals surface area contributed by atoms with Gasteiger partial charge in [-0.2, -0.15) is 0 Å². The van der Waals surface area contributed by atoms with Crippen LogP contribution in [0, 0.1) is 5.82 Å². The first kappa shape index (κ1) is 11.2. The second-order valence-electron chi connectivity index (χ2n) is 3.29. The Bertz CT molecular complexity index is 558. The van der Waals surface area contributed by atoms with Crippen LogP contribution in [0.2, 0.25) is 0 Å². The van der Waals surface area contributed by atoms with Crippen molar-refractivity contribution in [3.8, 4) is 5.88 Å². The Balaban J connectivity index is 2.36. The van der Waals surface area contributed by atoms with Crippen LogP contribution in [-0.4, -0.2) is 22.9 Å². The van der Waals surface area contributed by atoms with Crippen LogP contribution in [0.3, 0.4) is 0 Å². The zero-order valence-electron chi connectivity index (χ0n) is 9.05. The first-order chi connectivity index (χ1) is 8.20. The van der Waals surface area contributed by atoms with Crippen LogP contribution in [0.4, 0.5) is 4.39 Å². The third-order valence-corrected chi connectivity index (χ3v) is 2.17. The molecule has 0 aliphatic heterocycles. The molecule has 0 aliphatic rings. The van der Waals surface area contributed by atoms with Crippen LogP contribution in [-0.2, 0) is 0 Å². The summed E-state index contributed by atoms with van der Waals surface area (Å²) in [6, 6.07) is 6.85. The summed E-state index contributed by atoms with van der Waals surface area (Å²) in [6.45, 7) is 0. The van der Waals surface area contributed by atoms with E-state index in [1.54, 1.807) is 0 Å². The van der Waals surface area contributed by atoms with Gasteiger partial charge >= 0.3 is 0 Å². The second-order valence-corrected chi connectivity index (χ2v) is 3.29. The van der Waals surface area contributed by atoms with Crippen LogP contribution in [0.5, 0.6) is 5.88 Å². The highest BCUT2D eigenvalue weighted by Gasteiger charge is 2.12. The molecular weight excluding hydrogens is 223 g/mol. The van der Waals surface area contributed by atoms with Crippen molar-refractivity contribution in [2.45, 2.75) is 0 Å². The third-order valence-electron chi connectivity index (χ3n) is 2.17. The average molecular weight is 232 g/mol. The molecule has 0 amide bonds. The Kier molecular flexibility index (Phi) is 3.09. The molecule has 1 aromatic carbocycles. The largest absolute Gasteiger partial charge is 0.481 e. The van der Waals surface area contributed by atoms with Gasteiger partial charge in [-0.25, -0.2) is 14.4 Å². The van der Waals surface area contributed by atoms with Crippen LogP contribution in [0.1, 0.15) is 16.1 Å². The molecule has 0 spiro atoms. The standard InChI is InChI=1S/C12H9FN2O2/c1-17-11-6-10(14-7-15-11)12(16)8-3-2-4-9(13)5-8/h2-7H,1H3. The monoisotopic (exact) mass is 232 g/mol. The fourth-order valence-corrected chi connectivity index (χ4v) is 1.35. The molecular formula is C12H9FN2O2. The average Bonchev–Trinajstić information content (AvgIpc) is 2.38. The van der Waals surface area contributed by atoms with Gasteiger partial charge in [0.2, 0.25) is 11.7 Å². The highest BCUT2D eigenvalue weighted by Crippen LogP contribution is 2.12. The van der Waals surface area contributed by atoms with Crippen molar-refractivity contribution in [3.05, 3.63) is 53.7 Å². The lowest BCUT2D eigenvalue weighted by atomic mass is 10.1. The number of hydrogen-bond acceptors (Lipinski definition) is 4. The predicted octanol–water partition coefficient (Wildman–Crippen LogP) is 1.86.